The minimum Gasteiger partial charge on any atom is -0.355 e. The minimum absolute atomic E-state index is 0.00576. The monoisotopic (exact) mass is 531 g/mol. The fourth-order valence-electron chi connectivity index (χ4n) is 3.62. The number of sulfonamides is 1. The number of rotatable bonds is 10. The third-order valence-corrected chi connectivity index (χ3v) is 7.50. The summed E-state index contributed by atoms with van der Waals surface area (Å²) in [5, 5.41) is 3.13. The quantitative estimate of drug-likeness (QED) is 0.424. The normalized spacial score (nSPS) is 12.0. The highest BCUT2D eigenvalue weighted by Gasteiger charge is 2.33. The summed E-state index contributed by atoms with van der Waals surface area (Å²) in [6.45, 7) is 2.93. The van der Waals surface area contributed by atoms with Crippen LogP contribution < -0.4 is 9.62 Å². The number of carbonyl (C=O) groups is 2. The summed E-state index contributed by atoms with van der Waals surface area (Å²) in [5.74, 6) is -1.89. The zero-order valence-electron chi connectivity index (χ0n) is 19.9. The zero-order chi connectivity index (χ0) is 26.3. The van der Waals surface area contributed by atoms with Gasteiger partial charge in [0.25, 0.3) is 10.0 Å². The lowest BCUT2D eigenvalue weighted by Crippen LogP contribution is -2.51. The van der Waals surface area contributed by atoms with Crippen LogP contribution in [0, 0.1) is 5.82 Å². The smallest absolute Gasteiger partial charge is 0.264 e. The summed E-state index contributed by atoms with van der Waals surface area (Å²) in [5.41, 5.74) is 0.374. The van der Waals surface area contributed by atoms with E-state index in [2.05, 4.69) is 5.32 Å². The number of nitrogens with one attached hydrogen (secondary N) is 1. The van der Waals surface area contributed by atoms with Gasteiger partial charge in [-0.3, -0.25) is 13.9 Å². The second-order valence-electron chi connectivity index (χ2n) is 8.00. The molecule has 0 heterocycles. The Kier molecular flexibility index (Phi) is 9.06. The summed E-state index contributed by atoms with van der Waals surface area (Å²) < 4.78 is 42.6. The first-order valence-electron chi connectivity index (χ1n) is 11.3. The maximum Gasteiger partial charge on any atom is 0.264 e. The number of para-hydroxylation sites is 1. The molecule has 190 valence electrons. The van der Waals surface area contributed by atoms with E-state index in [1.807, 2.05) is 0 Å². The molecule has 3 rings (SSSR count). The fourth-order valence-corrected chi connectivity index (χ4v) is 5.28. The molecule has 10 heteroatoms. The molecule has 0 saturated carbocycles. The third kappa shape index (κ3) is 6.41. The SMILES string of the molecule is CCNC(=O)C(C)N(Cc1cccc(Cl)c1)C(=O)CN(c1ccccc1F)S(=O)(=O)c1ccccc1. The van der Waals surface area contributed by atoms with Crippen LogP contribution in [0.15, 0.2) is 83.8 Å². The van der Waals surface area contributed by atoms with Crippen molar-refractivity contribution < 1.29 is 22.4 Å². The van der Waals surface area contributed by atoms with E-state index in [0.717, 1.165) is 10.4 Å². The van der Waals surface area contributed by atoms with E-state index in [-0.39, 0.29) is 17.1 Å². The van der Waals surface area contributed by atoms with Gasteiger partial charge in [-0.05, 0) is 55.8 Å². The Morgan fingerprint density at radius 1 is 1.00 bits per heavy atom. The molecule has 0 aliphatic rings. The highest BCUT2D eigenvalue weighted by Crippen LogP contribution is 2.27. The van der Waals surface area contributed by atoms with Crippen LogP contribution in [-0.2, 0) is 26.2 Å². The summed E-state index contributed by atoms with van der Waals surface area (Å²) in [7, 11) is -4.32. The summed E-state index contributed by atoms with van der Waals surface area (Å²) in [6.07, 6.45) is 0. The number of amides is 2. The summed E-state index contributed by atoms with van der Waals surface area (Å²) >= 11 is 6.10. The third-order valence-electron chi connectivity index (χ3n) is 5.49. The van der Waals surface area contributed by atoms with Crippen LogP contribution in [0.5, 0.6) is 0 Å². The molecule has 2 amide bonds. The predicted molar refractivity (Wildman–Crippen MR) is 138 cm³/mol. The number of hydrogen-bond acceptors (Lipinski definition) is 4. The van der Waals surface area contributed by atoms with Gasteiger partial charge in [0.15, 0.2) is 0 Å². The van der Waals surface area contributed by atoms with Crippen molar-refractivity contribution in [2.75, 3.05) is 17.4 Å². The van der Waals surface area contributed by atoms with Crippen LogP contribution in [0.1, 0.15) is 19.4 Å². The van der Waals surface area contributed by atoms with E-state index in [1.165, 1.54) is 47.4 Å². The number of halogens is 2. The highest BCUT2D eigenvalue weighted by molar-refractivity contribution is 7.92. The topological polar surface area (TPSA) is 86.8 Å². The molecule has 0 aliphatic heterocycles. The first kappa shape index (κ1) is 27.2. The second kappa shape index (κ2) is 12.0. The molecule has 3 aromatic rings. The lowest BCUT2D eigenvalue weighted by Gasteiger charge is -2.32. The zero-order valence-corrected chi connectivity index (χ0v) is 21.5. The van der Waals surface area contributed by atoms with Gasteiger partial charge >= 0.3 is 0 Å². The number of likely N-dealkylation sites (N-methyl/N-ethyl adjacent to an activating group) is 1. The van der Waals surface area contributed by atoms with Gasteiger partial charge in [0.2, 0.25) is 11.8 Å². The molecule has 1 atom stereocenters. The summed E-state index contributed by atoms with van der Waals surface area (Å²) in [4.78, 5) is 27.4. The van der Waals surface area contributed by atoms with Gasteiger partial charge in [-0.25, -0.2) is 12.8 Å². The van der Waals surface area contributed by atoms with Crippen molar-refractivity contribution in [3.05, 3.63) is 95.3 Å². The molecule has 0 radical (unpaired) electrons. The van der Waals surface area contributed by atoms with Crippen LogP contribution >= 0.6 is 11.6 Å². The number of anilines is 1. The van der Waals surface area contributed by atoms with Crippen molar-refractivity contribution in [1.29, 1.82) is 0 Å². The van der Waals surface area contributed by atoms with Crippen molar-refractivity contribution in [3.63, 3.8) is 0 Å². The number of carbonyl (C=O) groups excluding carboxylic acids is 2. The van der Waals surface area contributed by atoms with E-state index in [4.69, 9.17) is 11.6 Å². The van der Waals surface area contributed by atoms with E-state index >= 15 is 0 Å². The number of benzene rings is 3. The van der Waals surface area contributed by atoms with Crippen LogP contribution in [0.2, 0.25) is 5.02 Å². The molecular formula is C26H27ClFN3O4S. The van der Waals surface area contributed by atoms with Gasteiger partial charge in [-0.15, -0.1) is 0 Å². The average molecular weight is 532 g/mol. The maximum absolute atomic E-state index is 14.8. The van der Waals surface area contributed by atoms with Crippen molar-refractivity contribution in [1.82, 2.24) is 10.2 Å². The van der Waals surface area contributed by atoms with E-state index in [0.29, 0.717) is 17.1 Å². The molecule has 1 unspecified atom stereocenters. The van der Waals surface area contributed by atoms with Crippen molar-refractivity contribution >= 4 is 39.1 Å². The van der Waals surface area contributed by atoms with Crippen molar-refractivity contribution in [2.45, 2.75) is 31.3 Å². The van der Waals surface area contributed by atoms with Gasteiger partial charge in [-0.1, -0.05) is 54.1 Å². The maximum atomic E-state index is 14.8. The van der Waals surface area contributed by atoms with Crippen molar-refractivity contribution in [2.24, 2.45) is 0 Å². The molecule has 0 spiro atoms. The Morgan fingerprint density at radius 2 is 1.67 bits per heavy atom. The molecule has 0 saturated heterocycles. The van der Waals surface area contributed by atoms with Gasteiger partial charge in [0.1, 0.15) is 18.4 Å². The van der Waals surface area contributed by atoms with E-state index in [1.54, 1.807) is 44.2 Å². The predicted octanol–water partition coefficient (Wildman–Crippen LogP) is 4.23. The van der Waals surface area contributed by atoms with Crippen molar-refractivity contribution in [3.8, 4) is 0 Å². The number of nitrogens with zero attached hydrogens (tertiary/aromatic N) is 2. The van der Waals surface area contributed by atoms with E-state index in [9.17, 15) is 22.4 Å². The lowest BCUT2D eigenvalue weighted by atomic mass is 10.1. The molecule has 0 aromatic heterocycles. The van der Waals surface area contributed by atoms with Crippen LogP contribution in [-0.4, -0.2) is 44.3 Å². The molecule has 1 N–H and O–H groups in total. The molecule has 3 aromatic carbocycles. The first-order chi connectivity index (χ1) is 17.1. The molecular weight excluding hydrogens is 505 g/mol. The molecule has 0 fully saturated rings. The second-order valence-corrected chi connectivity index (χ2v) is 10.3. The summed E-state index contributed by atoms with van der Waals surface area (Å²) in [6, 6.07) is 18.6. The Morgan fingerprint density at radius 3 is 2.31 bits per heavy atom. The van der Waals surface area contributed by atoms with Crippen LogP contribution in [0.4, 0.5) is 10.1 Å². The molecule has 0 aliphatic carbocycles. The molecule has 0 bridgehead atoms. The highest BCUT2D eigenvalue weighted by atomic mass is 35.5. The molecule has 36 heavy (non-hydrogen) atoms. The number of hydrogen-bond donors (Lipinski definition) is 1. The van der Waals surface area contributed by atoms with Gasteiger partial charge in [-0.2, -0.15) is 0 Å². The Hall–Kier alpha value is -3.43. The standard InChI is InChI=1S/C26H27ClFN3O4S/c1-3-29-26(33)19(2)30(17-20-10-9-11-21(27)16-20)25(32)18-31(24-15-8-7-14-23(24)28)36(34,35)22-12-5-4-6-13-22/h4-16,19H,3,17-18H2,1-2H3,(H,29,33). The average Bonchev–Trinajstić information content (AvgIpc) is 2.86. The Labute approximate surface area is 215 Å². The Bertz CT molecular complexity index is 1320. The Balaban J connectivity index is 2.03. The largest absolute Gasteiger partial charge is 0.355 e. The minimum atomic E-state index is -4.32. The van der Waals surface area contributed by atoms with Gasteiger partial charge < -0.3 is 10.2 Å². The lowest BCUT2D eigenvalue weighted by molar-refractivity contribution is -0.139. The fraction of sp³-hybridized carbons (Fsp3) is 0.231. The first-order valence-corrected chi connectivity index (χ1v) is 13.1. The van der Waals surface area contributed by atoms with Gasteiger partial charge in [0, 0.05) is 18.1 Å². The van der Waals surface area contributed by atoms with Gasteiger partial charge in [0.05, 0.1) is 10.6 Å². The molecule has 7 nitrogen and oxygen atoms in total. The van der Waals surface area contributed by atoms with Crippen LogP contribution in [0.3, 0.4) is 0 Å². The van der Waals surface area contributed by atoms with E-state index < -0.39 is 40.2 Å². The van der Waals surface area contributed by atoms with Crippen LogP contribution in [0.25, 0.3) is 0 Å².